The summed E-state index contributed by atoms with van der Waals surface area (Å²) < 4.78 is 4.44. The SMILES string of the molecule is CCC(CC(=O)OC)C(C)=O. The fraction of sp³-hybridized carbons (Fsp3) is 0.750. The zero-order valence-corrected chi connectivity index (χ0v) is 7.22. The van der Waals surface area contributed by atoms with Crippen LogP contribution in [-0.2, 0) is 14.3 Å². The predicted octanol–water partition coefficient (Wildman–Crippen LogP) is 1.16. The summed E-state index contributed by atoms with van der Waals surface area (Å²) in [4.78, 5) is 21.5. The number of esters is 1. The van der Waals surface area contributed by atoms with Gasteiger partial charge < -0.3 is 4.74 Å². The average molecular weight is 158 g/mol. The Morgan fingerprint density at radius 3 is 2.27 bits per heavy atom. The molecule has 1 unspecified atom stereocenters. The van der Waals surface area contributed by atoms with Gasteiger partial charge in [0.25, 0.3) is 0 Å². The topological polar surface area (TPSA) is 43.4 Å². The van der Waals surface area contributed by atoms with Gasteiger partial charge in [-0.1, -0.05) is 6.92 Å². The lowest BCUT2D eigenvalue weighted by Gasteiger charge is -2.07. The van der Waals surface area contributed by atoms with E-state index in [0.717, 1.165) is 0 Å². The second-order valence-corrected chi connectivity index (χ2v) is 2.50. The molecule has 0 rings (SSSR count). The van der Waals surface area contributed by atoms with Gasteiger partial charge in [0.15, 0.2) is 0 Å². The third-order valence-corrected chi connectivity index (χ3v) is 1.71. The van der Waals surface area contributed by atoms with Gasteiger partial charge in [-0.2, -0.15) is 0 Å². The summed E-state index contributed by atoms with van der Waals surface area (Å²) in [7, 11) is 1.33. The Balaban J connectivity index is 3.88. The van der Waals surface area contributed by atoms with Crippen LogP contribution >= 0.6 is 0 Å². The molecule has 0 aliphatic heterocycles. The number of hydrogen-bond acceptors (Lipinski definition) is 3. The Morgan fingerprint density at radius 2 is 2.00 bits per heavy atom. The lowest BCUT2D eigenvalue weighted by Crippen LogP contribution is -2.15. The van der Waals surface area contributed by atoms with Crippen molar-refractivity contribution < 1.29 is 14.3 Å². The van der Waals surface area contributed by atoms with Crippen molar-refractivity contribution in [3.8, 4) is 0 Å². The fourth-order valence-electron chi connectivity index (χ4n) is 0.860. The lowest BCUT2D eigenvalue weighted by atomic mass is 9.99. The van der Waals surface area contributed by atoms with Crippen molar-refractivity contribution in [3.05, 3.63) is 0 Å². The quantitative estimate of drug-likeness (QED) is 0.577. The Bertz CT molecular complexity index is 151. The molecule has 0 spiro atoms. The van der Waals surface area contributed by atoms with E-state index in [1.54, 1.807) is 0 Å². The Morgan fingerprint density at radius 1 is 1.45 bits per heavy atom. The normalized spacial score (nSPS) is 12.3. The predicted molar refractivity (Wildman–Crippen MR) is 41.1 cm³/mol. The second-order valence-electron chi connectivity index (χ2n) is 2.50. The first-order valence-corrected chi connectivity index (χ1v) is 3.69. The first-order valence-electron chi connectivity index (χ1n) is 3.69. The van der Waals surface area contributed by atoms with Crippen LogP contribution in [0.3, 0.4) is 0 Å². The van der Waals surface area contributed by atoms with E-state index in [2.05, 4.69) is 4.74 Å². The highest BCUT2D eigenvalue weighted by molar-refractivity contribution is 5.83. The molecular formula is C8H14O3. The Kier molecular flexibility index (Phi) is 4.50. The molecule has 3 nitrogen and oxygen atoms in total. The van der Waals surface area contributed by atoms with E-state index in [0.29, 0.717) is 6.42 Å². The van der Waals surface area contributed by atoms with E-state index in [4.69, 9.17) is 0 Å². The summed E-state index contributed by atoms with van der Waals surface area (Å²) >= 11 is 0. The minimum absolute atomic E-state index is 0.0536. The van der Waals surface area contributed by atoms with E-state index in [1.165, 1.54) is 14.0 Å². The van der Waals surface area contributed by atoms with Gasteiger partial charge in [0.2, 0.25) is 0 Å². The van der Waals surface area contributed by atoms with E-state index >= 15 is 0 Å². The summed E-state index contributed by atoms with van der Waals surface area (Å²) in [6.07, 6.45) is 0.909. The molecule has 0 radical (unpaired) electrons. The zero-order chi connectivity index (χ0) is 8.85. The molecule has 0 saturated carbocycles. The third kappa shape index (κ3) is 3.75. The lowest BCUT2D eigenvalue weighted by molar-refractivity contribution is -0.143. The van der Waals surface area contributed by atoms with Crippen molar-refractivity contribution in [2.45, 2.75) is 26.7 Å². The number of methoxy groups -OCH3 is 1. The number of ketones is 1. The minimum atomic E-state index is -0.313. The van der Waals surface area contributed by atoms with Crippen molar-refractivity contribution in [1.29, 1.82) is 0 Å². The van der Waals surface area contributed by atoms with Gasteiger partial charge in [-0.25, -0.2) is 0 Å². The second kappa shape index (κ2) is 4.88. The number of ether oxygens (including phenoxy) is 1. The molecule has 0 aromatic heterocycles. The monoisotopic (exact) mass is 158 g/mol. The van der Waals surface area contributed by atoms with Gasteiger partial charge in [-0.3, -0.25) is 9.59 Å². The van der Waals surface area contributed by atoms with Crippen LogP contribution in [0, 0.1) is 5.92 Å². The van der Waals surface area contributed by atoms with Gasteiger partial charge in [0.05, 0.1) is 13.5 Å². The van der Waals surface area contributed by atoms with Gasteiger partial charge in [0, 0.05) is 5.92 Å². The molecule has 0 amide bonds. The molecular weight excluding hydrogens is 144 g/mol. The summed E-state index contributed by atoms with van der Waals surface area (Å²) in [6, 6.07) is 0. The van der Waals surface area contributed by atoms with Crippen molar-refractivity contribution in [2.75, 3.05) is 7.11 Å². The van der Waals surface area contributed by atoms with Gasteiger partial charge in [0.1, 0.15) is 5.78 Å². The molecule has 0 aromatic rings. The molecule has 0 aliphatic carbocycles. The maximum atomic E-state index is 10.8. The largest absolute Gasteiger partial charge is 0.469 e. The summed E-state index contributed by atoms with van der Waals surface area (Å²) in [5.41, 5.74) is 0. The maximum Gasteiger partial charge on any atom is 0.306 e. The van der Waals surface area contributed by atoms with E-state index in [-0.39, 0.29) is 24.1 Å². The molecule has 64 valence electrons. The maximum absolute atomic E-state index is 10.8. The highest BCUT2D eigenvalue weighted by atomic mass is 16.5. The minimum Gasteiger partial charge on any atom is -0.469 e. The molecule has 11 heavy (non-hydrogen) atoms. The van der Waals surface area contributed by atoms with Crippen LogP contribution in [0.1, 0.15) is 26.7 Å². The summed E-state index contributed by atoms with van der Waals surface area (Å²) in [6.45, 7) is 3.38. The molecule has 3 heteroatoms. The number of hydrogen-bond donors (Lipinski definition) is 0. The Hall–Kier alpha value is -0.860. The van der Waals surface area contributed by atoms with Crippen molar-refractivity contribution >= 4 is 11.8 Å². The number of rotatable bonds is 4. The highest BCUT2D eigenvalue weighted by Gasteiger charge is 2.16. The molecule has 0 saturated heterocycles. The van der Waals surface area contributed by atoms with Crippen molar-refractivity contribution in [3.63, 3.8) is 0 Å². The number of Topliss-reactive ketones (excluding diaryl/α,β-unsaturated/α-hetero) is 1. The molecule has 0 aliphatic rings. The van der Waals surface area contributed by atoms with Gasteiger partial charge >= 0.3 is 5.97 Å². The van der Waals surface area contributed by atoms with Crippen LogP contribution in [-0.4, -0.2) is 18.9 Å². The molecule has 0 heterocycles. The van der Waals surface area contributed by atoms with Gasteiger partial charge in [-0.05, 0) is 13.3 Å². The molecule has 1 atom stereocenters. The zero-order valence-electron chi connectivity index (χ0n) is 7.22. The third-order valence-electron chi connectivity index (χ3n) is 1.71. The molecule has 0 aromatic carbocycles. The van der Waals surface area contributed by atoms with Crippen LogP contribution in [0.5, 0.6) is 0 Å². The Labute approximate surface area is 66.7 Å². The van der Waals surface area contributed by atoms with Crippen LogP contribution in [0.2, 0.25) is 0 Å². The van der Waals surface area contributed by atoms with Crippen molar-refractivity contribution in [1.82, 2.24) is 0 Å². The molecule has 0 fully saturated rings. The average Bonchev–Trinajstić information content (AvgIpc) is 1.99. The van der Waals surface area contributed by atoms with Gasteiger partial charge in [-0.15, -0.1) is 0 Å². The van der Waals surface area contributed by atoms with E-state index in [1.807, 2.05) is 6.92 Å². The summed E-state index contributed by atoms with van der Waals surface area (Å²) in [5, 5.41) is 0. The van der Waals surface area contributed by atoms with Crippen LogP contribution in [0.4, 0.5) is 0 Å². The standard InChI is InChI=1S/C8H14O3/c1-4-7(6(2)9)5-8(10)11-3/h7H,4-5H2,1-3H3. The number of carbonyl (C=O) groups is 2. The van der Waals surface area contributed by atoms with E-state index < -0.39 is 0 Å². The highest BCUT2D eigenvalue weighted by Crippen LogP contribution is 2.09. The first-order chi connectivity index (χ1) is 5.11. The molecule has 0 N–H and O–H groups in total. The fourth-order valence-corrected chi connectivity index (χ4v) is 0.860. The smallest absolute Gasteiger partial charge is 0.306 e. The first kappa shape index (κ1) is 10.1. The number of carbonyl (C=O) groups excluding carboxylic acids is 2. The van der Waals surface area contributed by atoms with Crippen LogP contribution in [0.15, 0.2) is 0 Å². The molecule has 0 bridgehead atoms. The van der Waals surface area contributed by atoms with E-state index in [9.17, 15) is 9.59 Å². The van der Waals surface area contributed by atoms with Crippen LogP contribution < -0.4 is 0 Å². The van der Waals surface area contributed by atoms with Crippen molar-refractivity contribution in [2.24, 2.45) is 5.92 Å². The van der Waals surface area contributed by atoms with Crippen LogP contribution in [0.25, 0.3) is 0 Å². The summed E-state index contributed by atoms with van der Waals surface area (Å²) in [5.74, 6) is -0.424.